The van der Waals surface area contributed by atoms with E-state index in [1.54, 1.807) is 13.8 Å². The van der Waals surface area contributed by atoms with E-state index >= 15 is 0 Å². The molecule has 0 amide bonds. The molecule has 4 aromatic rings. The highest BCUT2D eigenvalue weighted by molar-refractivity contribution is 5.83. The molecule has 0 saturated carbocycles. The van der Waals surface area contributed by atoms with E-state index in [1.165, 1.54) is 12.1 Å². The molecule has 1 aromatic heterocycles. The second-order valence-corrected chi connectivity index (χ2v) is 8.54. The number of aromatic nitrogens is 2. The van der Waals surface area contributed by atoms with Crippen LogP contribution < -0.4 is 0 Å². The van der Waals surface area contributed by atoms with Crippen LogP contribution in [-0.4, -0.2) is 15.1 Å². The molecule has 0 fully saturated rings. The first-order chi connectivity index (χ1) is 15.1. The number of nitrogens with zero attached hydrogens (tertiary/aromatic N) is 1. The van der Waals surface area contributed by atoms with Crippen molar-refractivity contribution in [1.82, 2.24) is 9.97 Å². The second kappa shape index (κ2) is 8.10. The molecule has 2 N–H and O–H groups in total. The van der Waals surface area contributed by atoms with Crippen LogP contribution in [0.3, 0.4) is 0 Å². The highest BCUT2D eigenvalue weighted by Crippen LogP contribution is 2.35. The van der Waals surface area contributed by atoms with Gasteiger partial charge in [-0.2, -0.15) is 13.2 Å². The lowest BCUT2D eigenvalue weighted by Gasteiger charge is -2.21. The molecule has 3 nitrogen and oxygen atoms in total. The molecule has 32 heavy (non-hydrogen) atoms. The molecule has 0 aliphatic heterocycles. The third-order valence-corrected chi connectivity index (χ3v) is 5.78. The van der Waals surface area contributed by atoms with Gasteiger partial charge in [0.15, 0.2) is 0 Å². The molecular weight excluding hydrogens is 413 g/mol. The number of imidazole rings is 1. The van der Waals surface area contributed by atoms with Crippen LogP contribution in [0.25, 0.3) is 22.2 Å². The molecule has 0 bridgehead atoms. The number of benzene rings is 3. The lowest BCUT2D eigenvalue weighted by atomic mass is 9.89. The van der Waals surface area contributed by atoms with Crippen LogP contribution in [-0.2, 0) is 11.8 Å². The Balaban J connectivity index is 1.72. The molecule has 0 saturated heterocycles. The molecule has 0 aliphatic rings. The van der Waals surface area contributed by atoms with E-state index in [0.717, 1.165) is 51.2 Å². The minimum absolute atomic E-state index is 0.142. The summed E-state index contributed by atoms with van der Waals surface area (Å²) < 4.78 is 38.7. The molecule has 0 radical (unpaired) electrons. The number of aromatic amines is 1. The Bertz CT molecular complexity index is 1230. The van der Waals surface area contributed by atoms with Gasteiger partial charge in [0.2, 0.25) is 0 Å². The lowest BCUT2D eigenvalue weighted by molar-refractivity contribution is -0.137. The average molecular weight is 438 g/mol. The standard InChI is InChI=1S/C26H25F3N2O/c1-4-19(16-9-12-18(13-10-16)26(27,28)29)24-30-22-14-11-17(15-23(22)31-24)20-7-5-6-8-21(20)25(2,3)32/h5-15,19,32H,4H2,1-3H3,(H,30,31). The number of H-pyrrole nitrogens is 1. The summed E-state index contributed by atoms with van der Waals surface area (Å²) in [6, 6.07) is 18.9. The summed E-state index contributed by atoms with van der Waals surface area (Å²) >= 11 is 0. The predicted octanol–water partition coefficient (Wildman–Crippen LogP) is 7.02. The van der Waals surface area contributed by atoms with Crippen molar-refractivity contribution in [3.05, 3.63) is 89.2 Å². The Morgan fingerprint density at radius 3 is 2.28 bits per heavy atom. The fourth-order valence-corrected chi connectivity index (χ4v) is 4.12. The van der Waals surface area contributed by atoms with E-state index in [1.807, 2.05) is 49.4 Å². The first-order valence-corrected chi connectivity index (χ1v) is 10.6. The molecule has 166 valence electrons. The van der Waals surface area contributed by atoms with E-state index in [4.69, 9.17) is 4.98 Å². The Kier molecular flexibility index (Phi) is 5.59. The average Bonchev–Trinajstić information content (AvgIpc) is 3.16. The lowest BCUT2D eigenvalue weighted by Crippen LogP contribution is -2.16. The summed E-state index contributed by atoms with van der Waals surface area (Å²) in [4.78, 5) is 8.10. The highest BCUT2D eigenvalue weighted by atomic mass is 19.4. The number of nitrogens with one attached hydrogen (secondary N) is 1. The molecule has 0 spiro atoms. The largest absolute Gasteiger partial charge is 0.416 e. The van der Waals surface area contributed by atoms with Gasteiger partial charge in [-0.3, -0.25) is 0 Å². The fourth-order valence-electron chi connectivity index (χ4n) is 4.12. The SMILES string of the molecule is CCC(c1ccc(C(F)(F)F)cc1)c1nc2cc(-c3ccccc3C(C)(C)O)ccc2[nH]1. The van der Waals surface area contributed by atoms with Crippen molar-refractivity contribution in [3.63, 3.8) is 0 Å². The molecule has 1 heterocycles. The van der Waals surface area contributed by atoms with E-state index in [2.05, 4.69) is 4.98 Å². The van der Waals surface area contributed by atoms with Crippen LogP contribution in [0.4, 0.5) is 13.2 Å². The van der Waals surface area contributed by atoms with Crippen molar-refractivity contribution in [2.45, 2.75) is 44.9 Å². The summed E-state index contributed by atoms with van der Waals surface area (Å²) in [5.74, 6) is 0.576. The minimum atomic E-state index is -4.35. The van der Waals surface area contributed by atoms with Crippen LogP contribution in [0.5, 0.6) is 0 Å². The monoisotopic (exact) mass is 438 g/mol. The molecule has 3 aromatic carbocycles. The highest BCUT2D eigenvalue weighted by Gasteiger charge is 2.30. The summed E-state index contributed by atoms with van der Waals surface area (Å²) in [7, 11) is 0. The second-order valence-electron chi connectivity index (χ2n) is 8.54. The number of halogens is 3. The smallest absolute Gasteiger partial charge is 0.386 e. The Morgan fingerprint density at radius 2 is 1.66 bits per heavy atom. The summed E-state index contributed by atoms with van der Waals surface area (Å²) in [5, 5.41) is 10.6. The van der Waals surface area contributed by atoms with Gasteiger partial charge in [0.05, 0.1) is 22.2 Å². The van der Waals surface area contributed by atoms with Crippen molar-refractivity contribution >= 4 is 11.0 Å². The van der Waals surface area contributed by atoms with Gasteiger partial charge in [0.25, 0.3) is 0 Å². The number of hydrogen-bond donors (Lipinski definition) is 2. The van der Waals surface area contributed by atoms with Crippen molar-refractivity contribution in [1.29, 1.82) is 0 Å². The topological polar surface area (TPSA) is 48.9 Å². The van der Waals surface area contributed by atoms with Gasteiger partial charge in [-0.25, -0.2) is 4.98 Å². The molecule has 1 unspecified atom stereocenters. The Hall–Kier alpha value is -3.12. The number of rotatable bonds is 5. The van der Waals surface area contributed by atoms with E-state index in [0.29, 0.717) is 6.42 Å². The van der Waals surface area contributed by atoms with Gasteiger partial charge < -0.3 is 10.1 Å². The summed E-state index contributed by atoms with van der Waals surface area (Å²) in [5.41, 5.74) is 3.47. The third-order valence-electron chi connectivity index (χ3n) is 5.78. The van der Waals surface area contributed by atoms with Crippen molar-refractivity contribution in [2.24, 2.45) is 0 Å². The van der Waals surface area contributed by atoms with Crippen LogP contribution in [0.2, 0.25) is 0 Å². The van der Waals surface area contributed by atoms with Crippen molar-refractivity contribution in [3.8, 4) is 11.1 Å². The molecule has 1 atom stereocenters. The van der Waals surface area contributed by atoms with Crippen LogP contribution in [0, 0.1) is 0 Å². The summed E-state index contributed by atoms with van der Waals surface area (Å²) in [6.07, 6.45) is -3.66. The molecular formula is C26H25F3N2O. The molecule has 0 aliphatic carbocycles. The number of hydrogen-bond acceptors (Lipinski definition) is 2. The van der Waals surface area contributed by atoms with Crippen molar-refractivity contribution < 1.29 is 18.3 Å². The molecule has 4 rings (SSSR count). The fraction of sp³-hybridized carbons (Fsp3) is 0.269. The van der Waals surface area contributed by atoms with Gasteiger partial charge in [-0.15, -0.1) is 0 Å². The van der Waals surface area contributed by atoms with Crippen LogP contribution in [0.15, 0.2) is 66.7 Å². The van der Waals surface area contributed by atoms with Crippen LogP contribution in [0.1, 0.15) is 55.6 Å². The first-order valence-electron chi connectivity index (χ1n) is 10.6. The minimum Gasteiger partial charge on any atom is -0.386 e. The Labute approximate surface area is 185 Å². The van der Waals surface area contributed by atoms with E-state index in [9.17, 15) is 18.3 Å². The predicted molar refractivity (Wildman–Crippen MR) is 120 cm³/mol. The number of fused-ring (bicyclic) bond motifs is 1. The molecule has 6 heteroatoms. The zero-order valence-corrected chi connectivity index (χ0v) is 18.2. The zero-order valence-electron chi connectivity index (χ0n) is 18.2. The quantitative estimate of drug-likeness (QED) is 0.352. The number of alkyl halides is 3. The number of aliphatic hydroxyl groups is 1. The maximum Gasteiger partial charge on any atom is 0.416 e. The third kappa shape index (κ3) is 4.28. The van der Waals surface area contributed by atoms with Gasteiger partial charge >= 0.3 is 6.18 Å². The van der Waals surface area contributed by atoms with Gasteiger partial charge in [-0.05, 0) is 66.8 Å². The Morgan fingerprint density at radius 1 is 0.969 bits per heavy atom. The maximum absolute atomic E-state index is 12.9. The van der Waals surface area contributed by atoms with Crippen molar-refractivity contribution in [2.75, 3.05) is 0 Å². The van der Waals surface area contributed by atoms with Gasteiger partial charge in [0.1, 0.15) is 5.82 Å². The first kappa shape index (κ1) is 22.1. The normalized spacial score (nSPS) is 13.5. The zero-order chi connectivity index (χ0) is 23.1. The summed E-state index contributed by atoms with van der Waals surface area (Å²) in [6.45, 7) is 5.50. The maximum atomic E-state index is 12.9. The van der Waals surface area contributed by atoms with Gasteiger partial charge in [-0.1, -0.05) is 49.4 Å². The van der Waals surface area contributed by atoms with E-state index in [-0.39, 0.29) is 5.92 Å². The van der Waals surface area contributed by atoms with Crippen LogP contribution >= 0.6 is 0 Å². The van der Waals surface area contributed by atoms with E-state index < -0.39 is 17.3 Å². The van der Waals surface area contributed by atoms with Gasteiger partial charge in [0, 0.05) is 5.92 Å².